The van der Waals surface area contributed by atoms with E-state index in [1.165, 1.54) is 0 Å². The minimum absolute atomic E-state index is 0.0475. The first-order valence-electron chi connectivity index (χ1n) is 10.7. The molecule has 31 heavy (non-hydrogen) atoms. The van der Waals surface area contributed by atoms with E-state index in [4.69, 9.17) is 16.3 Å². The molecular formula is C23H29ClN4O3. The summed E-state index contributed by atoms with van der Waals surface area (Å²) in [5.74, 6) is -0.864. The van der Waals surface area contributed by atoms with Crippen molar-refractivity contribution in [2.45, 2.75) is 64.6 Å². The molecule has 166 valence electrons. The van der Waals surface area contributed by atoms with E-state index in [9.17, 15) is 9.59 Å². The van der Waals surface area contributed by atoms with Crippen LogP contribution in [0.5, 0.6) is 0 Å². The minimum atomic E-state index is -0.629. The number of benzene rings is 1. The maximum absolute atomic E-state index is 13.7. The number of rotatable bonds is 2. The molecule has 0 bridgehead atoms. The third-order valence-electron chi connectivity index (χ3n) is 5.65. The summed E-state index contributed by atoms with van der Waals surface area (Å²) in [6, 6.07) is 5.96. The van der Waals surface area contributed by atoms with Crippen LogP contribution in [0.2, 0.25) is 5.02 Å². The Morgan fingerprint density at radius 3 is 2.52 bits per heavy atom. The number of nitrogens with zero attached hydrogens (tertiary/aromatic N) is 3. The van der Waals surface area contributed by atoms with Crippen molar-refractivity contribution in [1.29, 1.82) is 0 Å². The van der Waals surface area contributed by atoms with Gasteiger partial charge >= 0.3 is 5.97 Å². The van der Waals surface area contributed by atoms with Crippen LogP contribution in [0.1, 0.15) is 62.3 Å². The summed E-state index contributed by atoms with van der Waals surface area (Å²) in [7, 11) is 0. The van der Waals surface area contributed by atoms with Crippen molar-refractivity contribution in [3.8, 4) is 5.69 Å². The fourth-order valence-corrected chi connectivity index (χ4v) is 4.73. The summed E-state index contributed by atoms with van der Waals surface area (Å²) in [6.07, 6.45) is 1.99. The van der Waals surface area contributed by atoms with Gasteiger partial charge in [0.2, 0.25) is 5.91 Å². The average molecular weight is 445 g/mol. The van der Waals surface area contributed by atoms with Gasteiger partial charge in [0.05, 0.1) is 17.3 Å². The second kappa shape index (κ2) is 7.95. The molecule has 0 aliphatic carbocycles. The van der Waals surface area contributed by atoms with Gasteiger partial charge in [-0.1, -0.05) is 11.6 Å². The van der Waals surface area contributed by atoms with Gasteiger partial charge in [-0.05, 0) is 58.4 Å². The van der Waals surface area contributed by atoms with Crippen LogP contribution >= 0.6 is 11.6 Å². The molecule has 4 rings (SSSR count). The maximum atomic E-state index is 13.7. The Hall–Kier alpha value is -2.38. The van der Waals surface area contributed by atoms with E-state index in [1.807, 2.05) is 42.4 Å². The topological polar surface area (TPSA) is 76.5 Å². The minimum Gasteiger partial charge on any atom is -0.455 e. The number of imidazole rings is 1. The fraction of sp³-hybridized carbons (Fsp3) is 0.522. The first-order chi connectivity index (χ1) is 14.5. The normalized spacial score (nSPS) is 23.2. The predicted octanol–water partition coefficient (Wildman–Crippen LogP) is 3.33. The molecule has 0 saturated carbocycles. The molecule has 3 heterocycles. The first kappa shape index (κ1) is 21.8. The smallest absolute Gasteiger partial charge is 0.359 e. The van der Waals surface area contributed by atoms with Crippen LogP contribution in [0, 0.1) is 0 Å². The van der Waals surface area contributed by atoms with E-state index < -0.39 is 17.5 Å². The molecule has 3 atom stereocenters. The van der Waals surface area contributed by atoms with Crippen LogP contribution in [0.3, 0.4) is 0 Å². The Morgan fingerprint density at radius 2 is 1.87 bits per heavy atom. The van der Waals surface area contributed by atoms with Crippen LogP contribution in [0.4, 0.5) is 0 Å². The molecule has 0 spiro atoms. The molecule has 0 radical (unpaired) electrons. The third-order valence-corrected chi connectivity index (χ3v) is 5.88. The summed E-state index contributed by atoms with van der Waals surface area (Å²) in [5.41, 5.74) is 2.00. The number of aromatic nitrogens is 2. The highest BCUT2D eigenvalue weighted by Crippen LogP contribution is 2.37. The molecule has 1 saturated heterocycles. The molecule has 1 aromatic carbocycles. The molecule has 1 fully saturated rings. The lowest BCUT2D eigenvalue weighted by Crippen LogP contribution is -2.57. The van der Waals surface area contributed by atoms with E-state index in [1.54, 1.807) is 12.4 Å². The molecule has 2 aromatic rings. The lowest BCUT2D eigenvalue weighted by molar-refractivity contribution is -0.134. The second-order valence-electron chi connectivity index (χ2n) is 9.58. The van der Waals surface area contributed by atoms with Gasteiger partial charge in [0.25, 0.3) is 0 Å². The van der Waals surface area contributed by atoms with Gasteiger partial charge in [-0.15, -0.1) is 0 Å². The second-order valence-corrected chi connectivity index (χ2v) is 10.0. The third kappa shape index (κ3) is 4.34. The number of ether oxygens (including phenoxy) is 1. The van der Waals surface area contributed by atoms with Crippen LogP contribution in [-0.4, -0.2) is 57.1 Å². The fourth-order valence-electron chi connectivity index (χ4n) is 4.55. The van der Waals surface area contributed by atoms with Crippen molar-refractivity contribution in [3.05, 3.63) is 46.5 Å². The Morgan fingerprint density at radius 1 is 1.19 bits per heavy atom. The Balaban J connectivity index is 1.74. The van der Waals surface area contributed by atoms with Gasteiger partial charge in [-0.25, -0.2) is 9.78 Å². The largest absolute Gasteiger partial charge is 0.455 e. The monoisotopic (exact) mass is 444 g/mol. The number of carbonyl (C=O) groups excluding carboxylic acids is 2. The zero-order valence-electron chi connectivity index (χ0n) is 18.6. The number of hydrogen-bond donors (Lipinski definition) is 1. The van der Waals surface area contributed by atoms with E-state index in [-0.39, 0.29) is 23.7 Å². The van der Waals surface area contributed by atoms with Crippen molar-refractivity contribution in [2.24, 2.45) is 0 Å². The van der Waals surface area contributed by atoms with Crippen molar-refractivity contribution < 1.29 is 14.3 Å². The van der Waals surface area contributed by atoms with Crippen molar-refractivity contribution in [3.63, 3.8) is 0 Å². The van der Waals surface area contributed by atoms with Gasteiger partial charge in [0.1, 0.15) is 11.9 Å². The highest BCUT2D eigenvalue weighted by molar-refractivity contribution is 6.30. The van der Waals surface area contributed by atoms with Gasteiger partial charge in [0.15, 0.2) is 5.69 Å². The van der Waals surface area contributed by atoms with Gasteiger partial charge in [-0.3, -0.25) is 4.79 Å². The lowest BCUT2D eigenvalue weighted by Gasteiger charge is -2.39. The highest BCUT2D eigenvalue weighted by Gasteiger charge is 2.38. The SMILES string of the molecule is C[C@@H]1CN(C(=O)C2Cc3c(C(=O)OC(C)(C)C)ncn3-c3ccc(Cl)cc32)C[C@H](C)N1. The summed E-state index contributed by atoms with van der Waals surface area (Å²) in [5, 5.41) is 4.04. The Labute approximate surface area is 187 Å². The molecule has 8 heteroatoms. The molecule has 2 aliphatic rings. The molecule has 1 unspecified atom stereocenters. The number of amides is 1. The van der Waals surface area contributed by atoms with E-state index in [0.717, 1.165) is 11.3 Å². The molecule has 1 N–H and O–H groups in total. The molecular weight excluding hydrogens is 416 g/mol. The summed E-state index contributed by atoms with van der Waals surface area (Å²) in [6.45, 7) is 10.9. The van der Waals surface area contributed by atoms with Crippen molar-refractivity contribution in [2.75, 3.05) is 13.1 Å². The summed E-state index contributed by atoms with van der Waals surface area (Å²) >= 11 is 6.30. The number of hydrogen-bond acceptors (Lipinski definition) is 5. The van der Waals surface area contributed by atoms with Gasteiger partial charge in [0, 0.05) is 36.6 Å². The number of nitrogens with one attached hydrogen (secondary N) is 1. The Bertz CT molecular complexity index is 1020. The molecule has 1 aromatic heterocycles. The van der Waals surface area contributed by atoms with E-state index in [2.05, 4.69) is 24.1 Å². The first-order valence-corrected chi connectivity index (χ1v) is 11.1. The molecule has 2 aliphatic heterocycles. The van der Waals surface area contributed by atoms with Crippen LogP contribution in [-0.2, 0) is 16.0 Å². The lowest BCUT2D eigenvalue weighted by atomic mass is 9.87. The number of carbonyl (C=O) groups is 2. The predicted molar refractivity (Wildman–Crippen MR) is 119 cm³/mol. The number of halogens is 1. The highest BCUT2D eigenvalue weighted by atomic mass is 35.5. The summed E-state index contributed by atoms with van der Waals surface area (Å²) in [4.78, 5) is 32.7. The standard InChI is InChI=1S/C23H29ClN4O3/c1-13-10-27(11-14(2)26-13)21(29)17-9-19-20(22(30)31-23(3,4)5)25-12-28(19)18-7-6-15(24)8-16(17)18/h6-8,12-14,17,26H,9-11H2,1-5H3/t13-,14+,17?. The van der Waals surface area contributed by atoms with Crippen molar-refractivity contribution >= 4 is 23.5 Å². The zero-order chi connectivity index (χ0) is 22.5. The van der Waals surface area contributed by atoms with E-state index in [0.29, 0.717) is 30.2 Å². The van der Waals surface area contributed by atoms with Crippen LogP contribution in [0.25, 0.3) is 5.69 Å². The van der Waals surface area contributed by atoms with Gasteiger partial charge in [-0.2, -0.15) is 0 Å². The van der Waals surface area contributed by atoms with Gasteiger partial charge < -0.3 is 19.5 Å². The Kier molecular flexibility index (Phi) is 5.60. The summed E-state index contributed by atoms with van der Waals surface area (Å²) < 4.78 is 7.43. The number of esters is 1. The zero-order valence-corrected chi connectivity index (χ0v) is 19.4. The number of piperazine rings is 1. The molecule has 1 amide bonds. The van der Waals surface area contributed by atoms with Crippen LogP contribution in [0.15, 0.2) is 24.5 Å². The van der Waals surface area contributed by atoms with Crippen molar-refractivity contribution in [1.82, 2.24) is 19.8 Å². The quantitative estimate of drug-likeness (QED) is 0.719. The maximum Gasteiger partial charge on any atom is 0.359 e. The van der Waals surface area contributed by atoms with Crippen LogP contribution < -0.4 is 5.32 Å². The number of fused-ring (bicyclic) bond motifs is 3. The molecule has 7 nitrogen and oxygen atoms in total. The average Bonchev–Trinajstić information content (AvgIpc) is 3.08. The van der Waals surface area contributed by atoms with E-state index >= 15 is 0 Å².